The number of rotatable bonds is 8. The Bertz CT molecular complexity index is 123. The molecule has 0 amide bonds. The molecule has 0 bridgehead atoms. The van der Waals surface area contributed by atoms with Gasteiger partial charge in [0.2, 0.25) is 0 Å². The fourth-order valence-corrected chi connectivity index (χ4v) is 1.22. The van der Waals surface area contributed by atoms with Gasteiger partial charge in [-0.25, -0.2) is 0 Å². The molecule has 0 aromatic rings. The van der Waals surface area contributed by atoms with Crippen molar-refractivity contribution in [2.75, 3.05) is 6.61 Å². The van der Waals surface area contributed by atoms with E-state index in [4.69, 9.17) is 10.8 Å². The van der Waals surface area contributed by atoms with Crippen molar-refractivity contribution in [3.05, 3.63) is 12.2 Å². The van der Waals surface area contributed by atoms with Gasteiger partial charge in [-0.05, 0) is 25.7 Å². The number of aliphatic hydroxyl groups is 1. The highest BCUT2D eigenvalue weighted by atomic mass is 16.3. The monoisotopic (exact) mass is 185 g/mol. The quantitative estimate of drug-likeness (QED) is 0.450. The number of unbranched alkanes of at least 4 members (excludes halogenated alkanes) is 3. The van der Waals surface area contributed by atoms with E-state index < -0.39 is 0 Å². The highest BCUT2D eigenvalue weighted by Crippen LogP contribution is 2.05. The summed E-state index contributed by atoms with van der Waals surface area (Å²) in [6, 6.07) is -0.00816. The van der Waals surface area contributed by atoms with Crippen molar-refractivity contribution in [3.8, 4) is 0 Å². The summed E-state index contributed by atoms with van der Waals surface area (Å²) in [5.74, 6) is 0. The van der Waals surface area contributed by atoms with Crippen LogP contribution in [-0.2, 0) is 0 Å². The molecule has 0 heterocycles. The van der Waals surface area contributed by atoms with E-state index in [9.17, 15) is 0 Å². The third-order valence-corrected chi connectivity index (χ3v) is 2.08. The lowest BCUT2D eigenvalue weighted by Crippen LogP contribution is -2.23. The average molecular weight is 185 g/mol. The van der Waals surface area contributed by atoms with Crippen molar-refractivity contribution < 1.29 is 5.11 Å². The Balaban J connectivity index is 3.03. The van der Waals surface area contributed by atoms with Crippen LogP contribution in [0.4, 0.5) is 0 Å². The summed E-state index contributed by atoms with van der Waals surface area (Å²) < 4.78 is 0. The molecular weight excluding hydrogens is 162 g/mol. The molecule has 0 fully saturated rings. The fourth-order valence-electron chi connectivity index (χ4n) is 1.22. The van der Waals surface area contributed by atoms with E-state index in [2.05, 4.69) is 19.1 Å². The molecule has 0 rings (SSSR count). The lowest BCUT2D eigenvalue weighted by Gasteiger charge is -2.06. The largest absolute Gasteiger partial charge is 0.395 e. The van der Waals surface area contributed by atoms with Gasteiger partial charge in [0.25, 0.3) is 0 Å². The van der Waals surface area contributed by atoms with Gasteiger partial charge < -0.3 is 10.8 Å². The van der Waals surface area contributed by atoms with Gasteiger partial charge in [-0.1, -0.05) is 31.9 Å². The van der Waals surface area contributed by atoms with Gasteiger partial charge in [-0.3, -0.25) is 0 Å². The fraction of sp³-hybridized carbons (Fsp3) is 0.818. The maximum Gasteiger partial charge on any atom is 0.0582 e. The number of hydrogen-bond acceptors (Lipinski definition) is 2. The van der Waals surface area contributed by atoms with Crippen LogP contribution < -0.4 is 5.73 Å². The van der Waals surface area contributed by atoms with Gasteiger partial charge in [0.05, 0.1) is 6.61 Å². The predicted octanol–water partition coefficient (Wildman–Crippen LogP) is 2.22. The standard InChI is InChI=1S/C11H23NO/c1-2-3-4-5-6-7-8-9-11(12)10-13/h3-4,11,13H,2,5-10,12H2,1H3/b4-3-. The Hall–Kier alpha value is -0.340. The number of aliphatic hydroxyl groups excluding tert-OH is 1. The zero-order valence-corrected chi connectivity index (χ0v) is 8.71. The van der Waals surface area contributed by atoms with E-state index in [1.165, 1.54) is 19.3 Å². The molecule has 13 heavy (non-hydrogen) atoms. The summed E-state index contributed by atoms with van der Waals surface area (Å²) >= 11 is 0. The Labute approximate surface area is 81.8 Å². The van der Waals surface area contributed by atoms with Crippen molar-refractivity contribution in [2.45, 2.75) is 51.5 Å². The zero-order valence-electron chi connectivity index (χ0n) is 8.71. The van der Waals surface area contributed by atoms with Gasteiger partial charge >= 0.3 is 0 Å². The first kappa shape index (κ1) is 12.7. The minimum atomic E-state index is -0.00816. The van der Waals surface area contributed by atoms with Crippen molar-refractivity contribution in [2.24, 2.45) is 5.73 Å². The molecule has 3 N–H and O–H groups in total. The second kappa shape index (κ2) is 9.75. The number of allylic oxidation sites excluding steroid dienone is 2. The van der Waals surface area contributed by atoms with Crippen LogP contribution in [0.25, 0.3) is 0 Å². The van der Waals surface area contributed by atoms with Crippen molar-refractivity contribution in [3.63, 3.8) is 0 Å². The molecule has 2 nitrogen and oxygen atoms in total. The van der Waals surface area contributed by atoms with E-state index in [0.29, 0.717) is 0 Å². The van der Waals surface area contributed by atoms with Crippen LogP contribution in [0.2, 0.25) is 0 Å². The molecule has 0 spiro atoms. The van der Waals surface area contributed by atoms with Crippen molar-refractivity contribution in [1.29, 1.82) is 0 Å². The minimum absolute atomic E-state index is 0.00816. The predicted molar refractivity (Wildman–Crippen MR) is 57.6 cm³/mol. The van der Waals surface area contributed by atoms with Crippen LogP contribution >= 0.6 is 0 Å². The smallest absolute Gasteiger partial charge is 0.0582 e. The van der Waals surface area contributed by atoms with E-state index in [1.54, 1.807) is 0 Å². The minimum Gasteiger partial charge on any atom is -0.395 e. The molecule has 1 unspecified atom stereocenters. The van der Waals surface area contributed by atoms with E-state index >= 15 is 0 Å². The molecule has 0 saturated carbocycles. The highest BCUT2D eigenvalue weighted by molar-refractivity contribution is 4.79. The summed E-state index contributed by atoms with van der Waals surface area (Å²) in [5.41, 5.74) is 5.57. The second-order valence-corrected chi connectivity index (χ2v) is 3.46. The SMILES string of the molecule is CC/C=C\CCCCCC(N)CO. The topological polar surface area (TPSA) is 46.2 Å². The maximum atomic E-state index is 8.67. The van der Waals surface area contributed by atoms with E-state index in [1.807, 2.05) is 0 Å². The first-order valence-corrected chi connectivity index (χ1v) is 5.32. The number of hydrogen-bond donors (Lipinski definition) is 2. The zero-order chi connectivity index (χ0) is 9.94. The van der Waals surface area contributed by atoms with Crippen LogP contribution in [-0.4, -0.2) is 17.8 Å². The van der Waals surface area contributed by atoms with Gasteiger partial charge in [-0.2, -0.15) is 0 Å². The Kier molecular flexibility index (Phi) is 9.49. The van der Waals surface area contributed by atoms with Crippen LogP contribution in [0.3, 0.4) is 0 Å². The third kappa shape index (κ3) is 9.57. The summed E-state index contributed by atoms with van der Waals surface area (Å²) in [4.78, 5) is 0. The van der Waals surface area contributed by atoms with E-state index in [-0.39, 0.29) is 12.6 Å². The molecule has 2 heteroatoms. The normalized spacial score (nSPS) is 13.8. The molecule has 0 radical (unpaired) electrons. The van der Waals surface area contributed by atoms with Crippen molar-refractivity contribution in [1.82, 2.24) is 0 Å². The van der Waals surface area contributed by atoms with Gasteiger partial charge in [0.1, 0.15) is 0 Å². The Morgan fingerprint density at radius 2 is 2.00 bits per heavy atom. The summed E-state index contributed by atoms with van der Waals surface area (Å²) in [6.07, 6.45) is 11.3. The second-order valence-electron chi connectivity index (χ2n) is 3.46. The lowest BCUT2D eigenvalue weighted by molar-refractivity contribution is 0.257. The van der Waals surface area contributed by atoms with Crippen molar-refractivity contribution >= 4 is 0 Å². The van der Waals surface area contributed by atoms with Gasteiger partial charge in [-0.15, -0.1) is 0 Å². The molecule has 0 aromatic heterocycles. The van der Waals surface area contributed by atoms with Crippen LogP contribution in [0.1, 0.15) is 45.4 Å². The van der Waals surface area contributed by atoms with Gasteiger partial charge in [0, 0.05) is 6.04 Å². The average Bonchev–Trinajstić information content (AvgIpc) is 2.16. The summed E-state index contributed by atoms with van der Waals surface area (Å²) in [5, 5.41) is 8.67. The first-order valence-electron chi connectivity index (χ1n) is 5.32. The lowest BCUT2D eigenvalue weighted by atomic mass is 10.1. The molecular formula is C11H23NO. The highest BCUT2D eigenvalue weighted by Gasteiger charge is 1.98. The van der Waals surface area contributed by atoms with Gasteiger partial charge in [0.15, 0.2) is 0 Å². The molecule has 78 valence electrons. The van der Waals surface area contributed by atoms with E-state index in [0.717, 1.165) is 19.3 Å². The molecule has 0 saturated heterocycles. The van der Waals surface area contributed by atoms with Crippen LogP contribution in [0.15, 0.2) is 12.2 Å². The maximum absolute atomic E-state index is 8.67. The summed E-state index contributed by atoms with van der Waals surface area (Å²) in [6.45, 7) is 2.27. The molecule has 0 aliphatic heterocycles. The van der Waals surface area contributed by atoms with Crippen LogP contribution in [0.5, 0.6) is 0 Å². The first-order chi connectivity index (χ1) is 6.31. The molecule has 0 aromatic carbocycles. The number of nitrogens with two attached hydrogens (primary N) is 1. The Morgan fingerprint density at radius 1 is 1.23 bits per heavy atom. The molecule has 1 atom stereocenters. The molecule has 0 aliphatic rings. The van der Waals surface area contributed by atoms with Crippen LogP contribution in [0, 0.1) is 0 Å². The molecule has 0 aliphatic carbocycles. The summed E-state index contributed by atoms with van der Waals surface area (Å²) in [7, 11) is 0. The third-order valence-electron chi connectivity index (χ3n) is 2.08. The Morgan fingerprint density at radius 3 is 2.62 bits per heavy atom.